The average Bonchev–Trinajstić information content (AvgIpc) is 2.59. The van der Waals surface area contributed by atoms with Gasteiger partial charge in [-0.15, -0.1) is 0 Å². The van der Waals surface area contributed by atoms with Gasteiger partial charge in [-0.1, -0.05) is 30.3 Å². The highest BCUT2D eigenvalue weighted by molar-refractivity contribution is 5.81. The summed E-state index contributed by atoms with van der Waals surface area (Å²) in [5.74, 6) is -3.30. The number of alkyl carbamates (subject to hydrolysis) is 1. The third-order valence-corrected chi connectivity index (χ3v) is 2.69. The summed E-state index contributed by atoms with van der Waals surface area (Å²) < 4.78 is 41.3. The van der Waals surface area contributed by atoms with Crippen molar-refractivity contribution >= 4 is 18.0 Å². The summed E-state index contributed by atoms with van der Waals surface area (Å²) in [6, 6.07) is 8.47. The number of halogens is 3. The molecule has 0 saturated heterocycles. The number of ether oxygens (including phenoxy) is 2. The maximum Gasteiger partial charge on any atom is 0.490 e. The quantitative estimate of drug-likeness (QED) is 0.637. The van der Waals surface area contributed by atoms with Crippen molar-refractivity contribution in [1.82, 2.24) is 5.32 Å². The molecule has 4 N–H and O–H groups in total. The number of nitrogens with one attached hydrogen (secondary N) is 1. The van der Waals surface area contributed by atoms with Crippen LogP contribution in [0.3, 0.4) is 0 Å². The number of aliphatic carboxylic acids is 1. The second-order valence-electron chi connectivity index (χ2n) is 4.66. The molecule has 1 amide bonds. The molecule has 0 aliphatic rings. The van der Waals surface area contributed by atoms with E-state index in [1.54, 1.807) is 0 Å². The number of carbonyl (C=O) groups is 3. The van der Waals surface area contributed by atoms with Crippen LogP contribution >= 0.6 is 0 Å². The van der Waals surface area contributed by atoms with E-state index in [9.17, 15) is 22.8 Å². The number of amides is 1. The highest BCUT2D eigenvalue weighted by Crippen LogP contribution is 2.13. The van der Waals surface area contributed by atoms with Gasteiger partial charge in [0.1, 0.15) is 12.6 Å². The molecule has 1 aromatic rings. The summed E-state index contributed by atoms with van der Waals surface area (Å²) in [4.78, 5) is 31.8. The Balaban J connectivity index is 0.000000758. The summed E-state index contributed by atoms with van der Waals surface area (Å²) in [6.45, 7) is 0.405. The monoisotopic (exact) mass is 380 g/mol. The third kappa shape index (κ3) is 10.1. The van der Waals surface area contributed by atoms with Gasteiger partial charge in [-0.3, -0.25) is 0 Å². The van der Waals surface area contributed by atoms with Crippen LogP contribution in [0.5, 0.6) is 0 Å². The standard InChI is InChI=1S/C13H18N2O4.C2HF3O2/c1-18-12(16)11(7-8-14)15-13(17)19-9-10-5-3-2-4-6-10;3-2(4,5)1(6)7/h2-6,11H,7-9,14H2,1H3,(H,15,17);(H,6,7)/t11-;/m0./s1. The predicted octanol–water partition coefficient (Wildman–Crippen LogP) is 1.44. The topological polar surface area (TPSA) is 128 Å². The Morgan fingerprint density at radius 3 is 2.19 bits per heavy atom. The number of nitrogens with two attached hydrogens (primary N) is 1. The molecule has 0 saturated carbocycles. The molecule has 0 unspecified atom stereocenters. The zero-order valence-electron chi connectivity index (χ0n) is 13.8. The van der Waals surface area contributed by atoms with E-state index in [0.717, 1.165) is 5.56 Å². The maximum absolute atomic E-state index is 11.5. The summed E-state index contributed by atoms with van der Waals surface area (Å²) in [7, 11) is 1.25. The summed E-state index contributed by atoms with van der Waals surface area (Å²) >= 11 is 0. The first-order valence-corrected chi connectivity index (χ1v) is 7.17. The molecule has 0 aliphatic carbocycles. The fourth-order valence-electron chi connectivity index (χ4n) is 1.46. The van der Waals surface area contributed by atoms with Gasteiger partial charge >= 0.3 is 24.2 Å². The Morgan fingerprint density at radius 2 is 1.77 bits per heavy atom. The number of benzene rings is 1. The van der Waals surface area contributed by atoms with Gasteiger partial charge in [-0.2, -0.15) is 13.2 Å². The maximum atomic E-state index is 11.5. The van der Waals surface area contributed by atoms with Crippen LogP contribution in [0.15, 0.2) is 30.3 Å². The lowest BCUT2D eigenvalue weighted by molar-refractivity contribution is -0.192. The number of hydrogen-bond donors (Lipinski definition) is 3. The predicted molar refractivity (Wildman–Crippen MR) is 82.9 cm³/mol. The van der Waals surface area contributed by atoms with Crippen LogP contribution in [0.1, 0.15) is 12.0 Å². The second-order valence-corrected chi connectivity index (χ2v) is 4.66. The van der Waals surface area contributed by atoms with Crippen molar-refractivity contribution < 1.29 is 42.1 Å². The number of rotatable bonds is 6. The first-order chi connectivity index (χ1) is 12.1. The minimum Gasteiger partial charge on any atom is -0.475 e. The van der Waals surface area contributed by atoms with Crippen LogP contribution in [-0.4, -0.2) is 49.0 Å². The van der Waals surface area contributed by atoms with Gasteiger partial charge in [0.25, 0.3) is 0 Å². The van der Waals surface area contributed by atoms with Crippen molar-refractivity contribution in [2.24, 2.45) is 5.73 Å². The van der Waals surface area contributed by atoms with E-state index in [4.69, 9.17) is 20.4 Å². The Labute approximate surface area is 147 Å². The minimum atomic E-state index is -5.08. The SMILES string of the molecule is COC(=O)[C@H](CCN)NC(=O)OCc1ccccc1.O=C(O)C(F)(F)F. The number of esters is 1. The lowest BCUT2D eigenvalue weighted by atomic mass is 10.2. The Kier molecular flexibility index (Phi) is 10.4. The van der Waals surface area contributed by atoms with Crippen molar-refractivity contribution in [3.05, 3.63) is 35.9 Å². The smallest absolute Gasteiger partial charge is 0.475 e. The number of carbonyl (C=O) groups excluding carboxylic acids is 2. The van der Waals surface area contributed by atoms with Gasteiger partial charge in [0.2, 0.25) is 0 Å². The van der Waals surface area contributed by atoms with Gasteiger partial charge < -0.3 is 25.6 Å². The van der Waals surface area contributed by atoms with Crippen LogP contribution in [0, 0.1) is 0 Å². The number of carboxylic acid groups (broad SMARTS) is 1. The lowest BCUT2D eigenvalue weighted by Crippen LogP contribution is -2.42. The van der Waals surface area contributed by atoms with E-state index < -0.39 is 30.2 Å². The van der Waals surface area contributed by atoms with Crippen molar-refractivity contribution in [2.75, 3.05) is 13.7 Å². The lowest BCUT2D eigenvalue weighted by Gasteiger charge is -2.15. The normalized spacial score (nSPS) is 11.4. The first-order valence-electron chi connectivity index (χ1n) is 7.17. The zero-order chi connectivity index (χ0) is 20.2. The fraction of sp³-hybridized carbons (Fsp3) is 0.400. The summed E-state index contributed by atoms with van der Waals surface area (Å²) in [5, 5.41) is 9.55. The molecular weight excluding hydrogens is 361 g/mol. The molecule has 0 heterocycles. The van der Waals surface area contributed by atoms with E-state index in [2.05, 4.69) is 10.1 Å². The van der Waals surface area contributed by atoms with Gasteiger partial charge in [-0.05, 0) is 18.5 Å². The highest BCUT2D eigenvalue weighted by atomic mass is 19.4. The molecule has 0 bridgehead atoms. The minimum absolute atomic E-state index is 0.142. The molecule has 26 heavy (non-hydrogen) atoms. The van der Waals surface area contributed by atoms with Crippen LogP contribution in [0.25, 0.3) is 0 Å². The van der Waals surface area contributed by atoms with Crippen LogP contribution < -0.4 is 11.1 Å². The summed E-state index contributed by atoms with van der Waals surface area (Å²) in [6.07, 6.45) is -5.46. The third-order valence-electron chi connectivity index (χ3n) is 2.69. The molecule has 0 aromatic heterocycles. The molecule has 0 aliphatic heterocycles. The molecule has 0 spiro atoms. The average molecular weight is 380 g/mol. The van der Waals surface area contributed by atoms with Crippen molar-refractivity contribution in [1.29, 1.82) is 0 Å². The molecule has 1 atom stereocenters. The van der Waals surface area contributed by atoms with Crippen LogP contribution in [-0.2, 0) is 25.7 Å². The molecule has 11 heteroatoms. The Morgan fingerprint density at radius 1 is 1.23 bits per heavy atom. The van der Waals surface area contributed by atoms with E-state index in [0.29, 0.717) is 6.42 Å². The van der Waals surface area contributed by atoms with Gasteiger partial charge in [0, 0.05) is 0 Å². The van der Waals surface area contributed by atoms with Gasteiger partial charge in [0.15, 0.2) is 0 Å². The first kappa shape index (κ1) is 23.2. The van der Waals surface area contributed by atoms with Crippen LogP contribution in [0.2, 0.25) is 0 Å². The summed E-state index contributed by atoms with van der Waals surface area (Å²) in [5.41, 5.74) is 6.23. The van der Waals surface area contributed by atoms with E-state index in [1.807, 2.05) is 30.3 Å². The molecule has 8 nitrogen and oxygen atoms in total. The van der Waals surface area contributed by atoms with Gasteiger partial charge in [0.05, 0.1) is 7.11 Å². The number of hydrogen-bond acceptors (Lipinski definition) is 6. The van der Waals surface area contributed by atoms with Crippen molar-refractivity contribution in [3.63, 3.8) is 0 Å². The van der Waals surface area contributed by atoms with Crippen molar-refractivity contribution in [3.8, 4) is 0 Å². The van der Waals surface area contributed by atoms with E-state index in [-0.39, 0.29) is 13.2 Å². The van der Waals surface area contributed by atoms with Crippen LogP contribution in [0.4, 0.5) is 18.0 Å². The molecule has 1 aromatic carbocycles. The molecule has 1 rings (SSSR count). The van der Waals surface area contributed by atoms with Crippen molar-refractivity contribution in [2.45, 2.75) is 25.2 Å². The fourth-order valence-corrected chi connectivity index (χ4v) is 1.46. The number of alkyl halides is 3. The Hall–Kier alpha value is -2.82. The molecular formula is C15H19F3N2O6. The number of carboxylic acids is 1. The Bertz CT molecular complexity index is 580. The molecule has 0 fully saturated rings. The second kappa shape index (κ2) is 11.7. The zero-order valence-corrected chi connectivity index (χ0v) is 13.8. The largest absolute Gasteiger partial charge is 0.490 e. The van der Waals surface area contributed by atoms with Gasteiger partial charge in [-0.25, -0.2) is 14.4 Å². The highest BCUT2D eigenvalue weighted by Gasteiger charge is 2.38. The van der Waals surface area contributed by atoms with E-state index in [1.165, 1.54) is 7.11 Å². The number of methoxy groups -OCH3 is 1. The molecule has 0 radical (unpaired) electrons. The van der Waals surface area contributed by atoms with E-state index >= 15 is 0 Å². The molecule has 146 valence electrons.